The quantitative estimate of drug-likeness (QED) is 0.463. The van der Waals surface area contributed by atoms with E-state index in [0.717, 1.165) is 16.0 Å². The van der Waals surface area contributed by atoms with E-state index in [9.17, 15) is 4.79 Å². The van der Waals surface area contributed by atoms with Crippen molar-refractivity contribution in [1.82, 2.24) is 5.43 Å². The van der Waals surface area contributed by atoms with E-state index in [1.54, 1.807) is 31.2 Å². The number of amides is 1. The number of rotatable bonds is 6. The standard InChI is InChI=1S/C23H22N2O2S/c1-16-4-9-19(10-5-16)28-20-11-7-18(8-12-20)15-24-25-23(26)21-13-6-17(2)14-22(21)27-3/h4-15H,1-3H3,(H,25,26)/b24-15-. The Morgan fingerprint density at radius 3 is 2.18 bits per heavy atom. The van der Waals surface area contributed by atoms with Crippen molar-refractivity contribution >= 4 is 23.9 Å². The highest BCUT2D eigenvalue weighted by Gasteiger charge is 2.11. The molecule has 142 valence electrons. The molecule has 0 atom stereocenters. The van der Waals surface area contributed by atoms with E-state index < -0.39 is 0 Å². The molecule has 5 heteroatoms. The summed E-state index contributed by atoms with van der Waals surface area (Å²) >= 11 is 1.71. The lowest BCUT2D eigenvalue weighted by atomic mass is 10.1. The fourth-order valence-corrected chi connectivity index (χ4v) is 3.39. The van der Waals surface area contributed by atoms with Crippen molar-refractivity contribution in [2.24, 2.45) is 5.10 Å². The molecule has 0 aliphatic carbocycles. The summed E-state index contributed by atoms with van der Waals surface area (Å²) in [6, 6.07) is 21.9. The molecular formula is C23H22N2O2S. The number of aryl methyl sites for hydroxylation is 2. The maximum Gasteiger partial charge on any atom is 0.275 e. The van der Waals surface area contributed by atoms with Crippen molar-refractivity contribution in [2.45, 2.75) is 23.6 Å². The Hall–Kier alpha value is -3.05. The van der Waals surface area contributed by atoms with E-state index in [-0.39, 0.29) is 5.91 Å². The molecule has 0 fully saturated rings. The maximum atomic E-state index is 12.3. The molecule has 0 heterocycles. The van der Waals surface area contributed by atoms with Crippen molar-refractivity contribution in [1.29, 1.82) is 0 Å². The van der Waals surface area contributed by atoms with Crippen molar-refractivity contribution < 1.29 is 9.53 Å². The molecule has 0 spiro atoms. The van der Waals surface area contributed by atoms with Crippen molar-refractivity contribution in [2.75, 3.05) is 7.11 Å². The first-order valence-corrected chi connectivity index (χ1v) is 9.69. The zero-order chi connectivity index (χ0) is 19.9. The fraction of sp³-hybridized carbons (Fsp3) is 0.130. The summed E-state index contributed by atoms with van der Waals surface area (Å²) in [6.45, 7) is 4.03. The molecule has 3 aromatic carbocycles. The van der Waals surface area contributed by atoms with Gasteiger partial charge >= 0.3 is 0 Å². The average molecular weight is 391 g/mol. The Morgan fingerprint density at radius 2 is 1.54 bits per heavy atom. The lowest BCUT2D eigenvalue weighted by Crippen LogP contribution is -2.18. The van der Waals surface area contributed by atoms with E-state index in [4.69, 9.17) is 4.74 Å². The van der Waals surface area contributed by atoms with Crippen LogP contribution in [-0.4, -0.2) is 19.2 Å². The summed E-state index contributed by atoms with van der Waals surface area (Å²) in [5.74, 6) is 0.227. The average Bonchev–Trinajstić information content (AvgIpc) is 2.70. The second kappa shape index (κ2) is 9.24. The third-order valence-electron chi connectivity index (χ3n) is 4.12. The first-order chi connectivity index (χ1) is 13.5. The van der Waals surface area contributed by atoms with Gasteiger partial charge in [0.1, 0.15) is 5.75 Å². The van der Waals surface area contributed by atoms with Crippen LogP contribution in [0.15, 0.2) is 81.6 Å². The Balaban J connectivity index is 1.60. The fourth-order valence-electron chi connectivity index (χ4n) is 2.58. The molecule has 0 bridgehead atoms. The van der Waals surface area contributed by atoms with Gasteiger partial charge in [-0.25, -0.2) is 5.43 Å². The van der Waals surface area contributed by atoms with Crippen LogP contribution < -0.4 is 10.2 Å². The molecule has 1 N–H and O–H groups in total. The third-order valence-corrected chi connectivity index (χ3v) is 5.13. The Morgan fingerprint density at radius 1 is 0.929 bits per heavy atom. The zero-order valence-corrected chi connectivity index (χ0v) is 16.9. The highest BCUT2D eigenvalue weighted by Crippen LogP contribution is 2.27. The Kier molecular flexibility index (Phi) is 6.50. The first-order valence-electron chi connectivity index (χ1n) is 8.88. The molecule has 0 aliphatic heterocycles. The molecule has 1 amide bonds. The van der Waals surface area contributed by atoms with Gasteiger partial charge < -0.3 is 4.74 Å². The van der Waals surface area contributed by atoms with Crippen LogP contribution in [0.5, 0.6) is 5.75 Å². The highest BCUT2D eigenvalue weighted by molar-refractivity contribution is 7.99. The van der Waals surface area contributed by atoms with E-state index in [1.165, 1.54) is 10.5 Å². The summed E-state index contributed by atoms with van der Waals surface area (Å²) in [7, 11) is 1.55. The molecule has 0 aromatic heterocycles. The van der Waals surface area contributed by atoms with Crippen LogP contribution in [0, 0.1) is 13.8 Å². The van der Waals surface area contributed by atoms with Crippen molar-refractivity contribution in [3.05, 3.63) is 89.0 Å². The number of hydrazone groups is 1. The molecule has 0 unspecified atom stereocenters. The summed E-state index contributed by atoms with van der Waals surface area (Å²) in [4.78, 5) is 14.6. The summed E-state index contributed by atoms with van der Waals surface area (Å²) < 4.78 is 5.27. The van der Waals surface area contributed by atoms with Gasteiger partial charge in [-0.05, 0) is 61.4 Å². The number of hydrogen-bond donors (Lipinski definition) is 1. The van der Waals surface area contributed by atoms with Crippen LogP contribution in [0.1, 0.15) is 27.0 Å². The lowest BCUT2D eigenvalue weighted by molar-refractivity contribution is 0.0952. The second-order valence-electron chi connectivity index (χ2n) is 6.39. The van der Waals surface area contributed by atoms with Crippen molar-refractivity contribution in [3.63, 3.8) is 0 Å². The van der Waals surface area contributed by atoms with Gasteiger partial charge in [0.05, 0.1) is 18.9 Å². The van der Waals surface area contributed by atoms with Crippen LogP contribution in [0.25, 0.3) is 0 Å². The van der Waals surface area contributed by atoms with Gasteiger partial charge in [-0.2, -0.15) is 5.10 Å². The number of carbonyl (C=O) groups excluding carboxylic acids is 1. The molecule has 0 aliphatic rings. The minimum atomic E-state index is -0.306. The van der Waals surface area contributed by atoms with E-state index in [1.807, 2.05) is 43.3 Å². The van der Waals surface area contributed by atoms with Gasteiger partial charge in [-0.15, -0.1) is 0 Å². The number of benzene rings is 3. The minimum absolute atomic E-state index is 0.306. The van der Waals surface area contributed by atoms with E-state index >= 15 is 0 Å². The molecule has 4 nitrogen and oxygen atoms in total. The molecule has 3 aromatic rings. The van der Waals surface area contributed by atoms with Gasteiger partial charge in [0.25, 0.3) is 5.91 Å². The monoisotopic (exact) mass is 390 g/mol. The predicted molar refractivity (Wildman–Crippen MR) is 115 cm³/mol. The summed E-state index contributed by atoms with van der Waals surface area (Å²) in [5.41, 5.74) is 6.19. The minimum Gasteiger partial charge on any atom is -0.496 e. The zero-order valence-electron chi connectivity index (χ0n) is 16.1. The SMILES string of the molecule is COc1cc(C)ccc1C(=O)N/N=C\c1ccc(Sc2ccc(C)cc2)cc1. The summed E-state index contributed by atoms with van der Waals surface area (Å²) in [6.07, 6.45) is 1.62. The topological polar surface area (TPSA) is 50.7 Å². The molecule has 3 rings (SSSR count). The second-order valence-corrected chi connectivity index (χ2v) is 7.53. The van der Waals surface area contributed by atoms with Crippen molar-refractivity contribution in [3.8, 4) is 5.75 Å². The number of carbonyl (C=O) groups is 1. The molecule has 28 heavy (non-hydrogen) atoms. The van der Waals surface area contributed by atoms with E-state index in [0.29, 0.717) is 11.3 Å². The number of methoxy groups -OCH3 is 1. The molecule has 0 saturated heterocycles. The summed E-state index contributed by atoms with van der Waals surface area (Å²) in [5, 5.41) is 4.05. The van der Waals surface area contributed by atoms with Gasteiger partial charge in [-0.3, -0.25) is 4.79 Å². The van der Waals surface area contributed by atoms with Gasteiger partial charge in [0, 0.05) is 9.79 Å². The maximum absolute atomic E-state index is 12.3. The number of hydrogen-bond acceptors (Lipinski definition) is 4. The Labute approximate surface area is 169 Å². The highest BCUT2D eigenvalue weighted by atomic mass is 32.2. The largest absolute Gasteiger partial charge is 0.496 e. The van der Waals surface area contributed by atoms with Crippen LogP contribution in [0.4, 0.5) is 0 Å². The number of nitrogens with zero attached hydrogens (tertiary/aromatic N) is 1. The molecule has 0 radical (unpaired) electrons. The number of nitrogens with one attached hydrogen (secondary N) is 1. The smallest absolute Gasteiger partial charge is 0.275 e. The molecular weight excluding hydrogens is 368 g/mol. The van der Waals surface area contributed by atoms with E-state index in [2.05, 4.69) is 41.7 Å². The van der Waals surface area contributed by atoms with Gasteiger partial charge in [-0.1, -0.05) is 47.7 Å². The van der Waals surface area contributed by atoms with Gasteiger partial charge in [0.2, 0.25) is 0 Å². The lowest BCUT2D eigenvalue weighted by Gasteiger charge is -2.07. The van der Waals surface area contributed by atoms with Crippen LogP contribution in [-0.2, 0) is 0 Å². The van der Waals surface area contributed by atoms with Gasteiger partial charge in [0.15, 0.2) is 0 Å². The van der Waals surface area contributed by atoms with Crippen LogP contribution in [0.3, 0.4) is 0 Å². The normalized spacial score (nSPS) is 10.8. The van der Waals surface area contributed by atoms with Crippen LogP contribution in [0.2, 0.25) is 0 Å². The molecule has 0 saturated carbocycles. The third kappa shape index (κ3) is 5.24. The predicted octanol–water partition coefficient (Wildman–Crippen LogP) is 5.23. The van der Waals surface area contributed by atoms with Crippen LogP contribution >= 0.6 is 11.8 Å². The number of ether oxygens (including phenoxy) is 1. The first kappa shape index (κ1) is 19.7. The Bertz CT molecular complexity index is 980.